The number of rotatable bonds is 3. The lowest BCUT2D eigenvalue weighted by Gasteiger charge is -2.07. The van der Waals surface area contributed by atoms with Gasteiger partial charge in [0.25, 0.3) is 0 Å². The Morgan fingerprint density at radius 2 is 2.17 bits per heavy atom. The van der Waals surface area contributed by atoms with Crippen molar-refractivity contribution in [3.05, 3.63) is 52.3 Å². The monoisotopic (exact) mass is 324 g/mol. The summed E-state index contributed by atoms with van der Waals surface area (Å²) in [4.78, 5) is 4.90. The van der Waals surface area contributed by atoms with Crippen LogP contribution in [0.5, 0.6) is 0 Å². The van der Waals surface area contributed by atoms with Gasteiger partial charge >= 0.3 is 0 Å². The Morgan fingerprint density at radius 3 is 2.89 bits per heavy atom. The first kappa shape index (κ1) is 13.2. The van der Waals surface area contributed by atoms with Crippen molar-refractivity contribution in [3.8, 4) is 0 Å². The Balaban J connectivity index is 2.28. The lowest BCUT2D eigenvalue weighted by molar-refractivity contribution is 0.682. The van der Waals surface area contributed by atoms with Gasteiger partial charge in [0.1, 0.15) is 0 Å². The fourth-order valence-corrected chi connectivity index (χ4v) is 3.38. The largest absolute Gasteiger partial charge is 0.398 e. The first-order valence-electron chi connectivity index (χ1n) is 5.42. The fourth-order valence-electron chi connectivity index (χ4n) is 1.58. The second-order valence-corrected chi connectivity index (χ2v) is 6.27. The Labute approximate surface area is 117 Å². The molecule has 1 heterocycles. The number of hydrogen-bond acceptors (Lipinski definition) is 3. The fraction of sp³-hybridized carbons (Fsp3) is 0.154. The summed E-state index contributed by atoms with van der Waals surface area (Å²) >= 11 is 3.36. The van der Waals surface area contributed by atoms with E-state index in [9.17, 15) is 4.21 Å². The van der Waals surface area contributed by atoms with E-state index >= 15 is 0 Å². The van der Waals surface area contributed by atoms with E-state index in [-0.39, 0.29) is 0 Å². The molecule has 5 heteroatoms. The first-order valence-corrected chi connectivity index (χ1v) is 7.53. The minimum atomic E-state index is -1.18. The van der Waals surface area contributed by atoms with Gasteiger partial charge in [0, 0.05) is 16.4 Å². The molecule has 3 nitrogen and oxygen atoms in total. The molecule has 2 N–H and O–H groups in total. The molecule has 0 spiro atoms. The van der Waals surface area contributed by atoms with Gasteiger partial charge in [-0.05, 0) is 36.8 Å². The molecule has 0 amide bonds. The highest BCUT2D eigenvalue weighted by Gasteiger charge is 2.11. The summed E-state index contributed by atoms with van der Waals surface area (Å²) in [5.41, 5.74) is 8.28. The van der Waals surface area contributed by atoms with E-state index in [0.717, 1.165) is 15.7 Å². The van der Waals surface area contributed by atoms with Gasteiger partial charge in [-0.15, -0.1) is 0 Å². The summed E-state index contributed by atoms with van der Waals surface area (Å²) in [6, 6.07) is 9.22. The minimum Gasteiger partial charge on any atom is -0.398 e. The zero-order valence-corrected chi connectivity index (χ0v) is 12.3. The summed E-state index contributed by atoms with van der Waals surface area (Å²) < 4.78 is 13.2. The summed E-state index contributed by atoms with van der Waals surface area (Å²) in [5, 5.41) is 0. The summed E-state index contributed by atoms with van der Waals surface area (Å²) in [7, 11) is -1.18. The lowest BCUT2D eigenvalue weighted by Crippen LogP contribution is -2.03. The Bertz CT molecular complexity index is 601. The van der Waals surface area contributed by atoms with Crippen LogP contribution in [0.15, 0.2) is 45.9 Å². The van der Waals surface area contributed by atoms with Crippen LogP contribution >= 0.6 is 15.9 Å². The molecule has 0 fully saturated rings. The maximum absolute atomic E-state index is 12.3. The van der Waals surface area contributed by atoms with Crippen LogP contribution in [0.3, 0.4) is 0 Å². The number of pyridine rings is 1. The van der Waals surface area contributed by atoms with Crippen LogP contribution in [-0.2, 0) is 16.6 Å². The van der Waals surface area contributed by atoms with Crippen LogP contribution in [0.25, 0.3) is 0 Å². The van der Waals surface area contributed by atoms with Crippen molar-refractivity contribution in [3.63, 3.8) is 0 Å². The maximum atomic E-state index is 12.3. The van der Waals surface area contributed by atoms with Crippen LogP contribution in [-0.4, -0.2) is 9.19 Å². The molecule has 0 aliphatic carbocycles. The van der Waals surface area contributed by atoms with E-state index in [0.29, 0.717) is 16.3 Å². The summed E-state index contributed by atoms with van der Waals surface area (Å²) in [5.74, 6) is 0.382. The zero-order valence-electron chi connectivity index (χ0n) is 9.89. The second kappa shape index (κ2) is 5.63. The molecule has 1 atom stereocenters. The number of benzene rings is 1. The molecule has 0 saturated carbocycles. The molecular weight excluding hydrogens is 312 g/mol. The first-order chi connectivity index (χ1) is 8.58. The van der Waals surface area contributed by atoms with Gasteiger partial charge in [-0.1, -0.05) is 22.0 Å². The number of anilines is 1. The quantitative estimate of drug-likeness (QED) is 0.883. The molecular formula is C13H13BrN2OS. The molecule has 18 heavy (non-hydrogen) atoms. The van der Waals surface area contributed by atoms with Gasteiger partial charge in [-0.25, -0.2) is 0 Å². The molecule has 0 bridgehead atoms. The molecule has 0 aliphatic rings. The number of nitrogen functional groups attached to an aromatic ring is 1. The number of aryl methyl sites for hydroxylation is 1. The van der Waals surface area contributed by atoms with Crippen molar-refractivity contribution in [2.45, 2.75) is 17.6 Å². The third-order valence-corrected chi connectivity index (χ3v) is 4.48. The number of aromatic nitrogens is 1. The highest BCUT2D eigenvalue weighted by atomic mass is 79.9. The molecule has 2 rings (SSSR count). The standard InChI is InChI=1S/C13H13BrN2OS/c1-9-3-2-6-16-12(9)8-18(17)13-7-10(14)4-5-11(13)15/h2-7H,8,15H2,1H3. The minimum absolute atomic E-state index is 0.382. The van der Waals surface area contributed by atoms with E-state index in [1.165, 1.54) is 0 Å². The van der Waals surface area contributed by atoms with Gasteiger partial charge < -0.3 is 5.73 Å². The van der Waals surface area contributed by atoms with Gasteiger partial charge in [0.05, 0.1) is 27.1 Å². The van der Waals surface area contributed by atoms with Crippen molar-refractivity contribution in [1.29, 1.82) is 0 Å². The second-order valence-electron chi connectivity index (χ2n) is 3.94. The highest BCUT2D eigenvalue weighted by molar-refractivity contribution is 9.10. The molecule has 1 aromatic heterocycles. The number of nitrogens with zero attached hydrogens (tertiary/aromatic N) is 1. The summed E-state index contributed by atoms with van der Waals surface area (Å²) in [6.45, 7) is 1.96. The molecule has 0 radical (unpaired) electrons. The van der Waals surface area contributed by atoms with E-state index in [1.807, 2.05) is 25.1 Å². The van der Waals surface area contributed by atoms with E-state index in [4.69, 9.17) is 5.73 Å². The maximum Gasteiger partial charge on any atom is 0.0709 e. The Hall–Kier alpha value is -1.20. The van der Waals surface area contributed by atoms with Crippen LogP contribution in [0.1, 0.15) is 11.3 Å². The molecule has 0 saturated heterocycles. The molecule has 1 unspecified atom stereocenters. The van der Waals surface area contributed by atoms with E-state index < -0.39 is 10.8 Å². The topological polar surface area (TPSA) is 56.0 Å². The lowest BCUT2D eigenvalue weighted by atomic mass is 10.2. The van der Waals surface area contributed by atoms with Crippen molar-refractivity contribution >= 4 is 32.4 Å². The van der Waals surface area contributed by atoms with E-state index in [2.05, 4.69) is 20.9 Å². The Kier molecular flexibility index (Phi) is 4.14. The van der Waals surface area contributed by atoms with Crippen molar-refractivity contribution in [2.24, 2.45) is 0 Å². The highest BCUT2D eigenvalue weighted by Crippen LogP contribution is 2.23. The Morgan fingerprint density at radius 1 is 1.39 bits per heavy atom. The SMILES string of the molecule is Cc1cccnc1CS(=O)c1cc(Br)ccc1N. The third-order valence-electron chi connectivity index (χ3n) is 2.61. The van der Waals surface area contributed by atoms with Crippen LogP contribution in [0, 0.1) is 6.92 Å². The number of nitrogens with two attached hydrogens (primary N) is 1. The van der Waals surface area contributed by atoms with Crippen LogP contribution in [0.4, 0.5) is 5.69 Å². The summed E-state index contributed by atoms with van der Waals surface area (Å²) in [6.07, 6.45) is 1.71. The van der Waals surface area contributed by atoms with Gasteiger partial charge in [0.15, 0.2) is 0 Å². The molecule has 94 valence electrons. The third kappa shape index (κ3) is 2.97. The van der Waals surface area contributed by atoms with Crippen molar-refractivity contribution in [1.82, 2.24) is 4.98 Å². The smallest absolute Gasteiger partial charge is 0.0709 e. The molecule has 2 aromatic rings. The zero-order chi connectivity index (χ0) is 13.1. The normalized spacial score (nSPS) is 12.3. The predicted molar refractivity (Wildman–Crippen MR) is 77.6 cm³/mol. The molecule has 0 aliphatic heterocycles. The molecule has 1 aromatic carbocycles. The van der Waals surface area contributed by atoms with Crippen molar-refractivity contribution in [2.75, 3.05) is 5.73 Å². The average Bonchev–Trinajstić information content (AvgIpc) is 2.35. The van der Waals surface area contributed by atoms with Gasteiger partial charge in [-0.2, -0.15) is 0 Å². The number of hydrogen-bond donors (Lipinski definition) is 1. The van der Waals surface area contributed by atoms with E-state index in [1.54, 1.807) is 18.3 Å². The van der Waals surface area contributed by atoms with Gasteiger partial charge in [0.2, 0.25) is 0 Å². The number of halogens is 1. The van der Waals surface area contributed by atoms with Crippen LogP contribution in [0.2, 0.25) is 0 Å². The predicted octanol–water partition coefficient (Wildman–Crippen LogP) is 3.04. The van der Waals surface area contributed by atoms with Crippen molar-refractivity contribution < 1.29 is 4.21 Å². The van der Waals surface area contributed by atoms with Gasteiger partial charge in [-0.3, -0.25) is 9.19 Å². The average molecular weight is 325 g/mol. The van der Waals surface area contributed by atoms with Crippen LogP contribution < -0.4 is 5.73 Å².